The van der Waals surface area contributed by atoms with Crippen LogP contribution in [0.5, 0.6) is 0 Å². The molecule has 0 radical (unpaired) electrons. The monoisotopic (exact) mass is 361 g/mol. The number of hydrogen-bond donors (Lipinski definition) is 1. The minimum Gasteiger partial charge on any atom is -0.481 e. The highest BCUT2D eigenvalue weighted by Crippen LogP contribution is 2.23. The van der Waals surface area contributed by atoms with Crippen LogP contribution in [0, 0.1) is 5.92 Å². The Balaban J connectivity index is 1.67. The van der Waals surface area contributed by atoms with E-state index in [9.17, 15) is 9.59 Å². The molecule has 0 spiro atoms. The molecular formula is C18H20ClN3O3. The number of carboxylic acid groups (broad SMARTS) is 1. The summed E-state index contributed by atoms with van der Waals surface area (Å²) in [6.45, 7) is 1.30. The molecule has 132 valence electrons. The molecule has 6 nitrogen and oxygen atoms in total. The zero-order valence-electron chi connectivity index (χ0n) is 13.8. The lowest BCUT2D eigenvalue weighted by Crippen LogP contribution is -2.39. The van der Waals surface area contributed by atoms with Crippen LogP contribution in [-0.2, 0) is 4.79 Å². The molecule has 1 saturated heterocycles. The van der Waals surface area contributed by atoms with Gasteiger partial charge in [0.15, 0.2) is 0 Å². The summed E-state index contributed by atoms with van der Waals surface area (Å²) in [7, 11) is 0. The van der Waals surface area contributed by atoms with Crippen LogP contribution in [0.3, 0.4) is 0 Å². The number of carboxylic acids is 1. The largest absolute Gasteiger partial charge is 0.481 e. The summed E-state index contributed by atoms with van der Waals surface area (Å²) in [5.41, 5.74) is 1.32. The Labute approximate surface area is 151 Å². The fraction of sp³-hybridized carbons (Fsp3) is 0.389. The van der Waals surface area contributed by atoms with E-state index in [2.05, 4.69) is 5.10 Å². The lowest BCUT2D eigenvalue weighted by molar-refractivity contribution is -0.137. The van der Waals surface area contributed by atoms with E-state index in [1.165, 1.54) is 0 Å². The molecule has 2 aromatic rings. The number of benzene rings is 1. The standard InChI is InChI=1S/C18H20ClN3O3/c19-15-4-1-5-16(9-15)22-12-14(10-20-22)18(25)21-8-2-3-13(11-21)6-7-17(23)24/h1,4-5,9-10,12-13H,2-3,6-8,11H2,(H,23,24)/t13-/m0/s1. The number of halogens is 1. The van der Waals surface area contributed by atoms with Crippen LogP contribution in [0.4, 0.5) is 0 Å². The molecule has 1 aromatic carbocycles. The molecule has 1 amide bonds. The zero-order valence-corrected chi connectivity index (χ0v) is 14.5. The van der Waals surface area contributed by atoms with Crippen molar-refractivity contribution >= 4 is 23.5 Å². The summed E-state index contributed by atoms with van der Waals surface area (Å²) < 4.78 is 1.63. The predicted molar refractivity (Wildman–Crippen MR) is 94.1 cm³/mol. The molecule has 0 saturated carbocycles. The van der Waals surface area contributed by atoms with Crippen LogP contribution in [-0.4, -0.2) is 44.8 Å². The smallest absolute Gasteiger partial charge is 0.303 e. The Hall–Kier alpha value is -2.34. The molecule has 2 heterocycles. The van der Waals surface area contributed by atoms with Gasteiger partial charge in [-0.05, 0) is 43.4 Å². The molecule has 1 aliphatic rings. The van der Waals surface area contributed by atoms with Crippen molar-refractivity contribution in [2.75, 3.05) is 13.1 Å². The number of rotatable bonds is 5. The number of aromatic nitrogens is 2. The van der Waals surface area contributed by atoms with Gasteiger partial charge in [-0.3, -0.25) is 9.59 Å². The van der Waals surface area contributed by atoms with Crippen LogP contribution < -0.4 is 0 Å². The van der Waals surface area contributed by atoms with Gasteiger partial charge in [0, 0.05) is 30.7 Å². The number of nitrogens with zero attached hydrogens (tertiary/aromatic N) is 3. The number of aliphatic carboxylic acids is 1. The molecule has 1 aliphatic heterocycles. The van der Waals surface area contributed by atoms with Crippen molar-refractivity contribution in [1.29, 1.82) is 0 Å². The topological polar surface area (TPSA) is 75.4 Å². The van der Waals surface area contributed by atoms with E-state index in [1.807, 2.05) is 12.1 Å². The van der Waals surface area contributed by atoms with Gasteiger partial charge >= 0.3 is 5.97 Å². The first-order valence-corrected chi connectivity index (χ1v) is 8.72. The highest BCUT2D eigenvalue weighted by Gasteiger charge is 2.25. The van der Waals surface area contributed by atoms with E-state index in [0.29, 0.717) is 30.1 Å². The molecule has 0 bridgehead atoms. The van der Waals surface area contributed by atoms with E-state index in [-0.39, 0.29) is 18.2 Å². The van der Waals surface area contributed by atoms with E-state index < -0.39 is 5.97 Å². The Kier molecular flexibility index (Phi) is 5.38. The van der Waals surface area contributed by atoms with Crippen molar-refractivity contribution in [1.82, 2.24) is 14.7 Å². The van der Waals surface area contributed by atoms with Gasteiger partial charge in [0.1, 0.15) is 0 Å². The van der Waals surface area contributed by atoms with Gasteiger partial charge < -0.3 is 10.0 Å². The second-order valence-electron chi connectivity index (χ2n) is 6.35. The molecule has 3 rings (SSSR count). The summed E-state index contributed by atoms with van der Waals surface area (Å²) in [4.78, 5) is 25.3. The minimum absolute atomic E-state index is 0.0618. The molecule has 1 N–H and O–H groups in total. The van der Waals surface area contributed by atoms with Gasteiger partial charge in [-0.1, -0.05) is 17.7 Å². The van der Waals surface area contributed by atoms with Crippen molar-refractivity contribution in [2.24, 2.45) is 5.92 Å². The fourth-order valence-electron chi connectivity index (χ4n) is 3.19. The highest BCUT2D eigenvalue weighted by molar-refractivity contribution is 6.30. The molecule has 1 aromatic heterocycles. The Morgan fingerprint density at radius 2 is 2.20 bits per heavy atom. The van der Waals surface area contributed by atoms with Gasteiger partial charge in [0.2, 0.25) is 0 Å². The molecule has 7 heteroatoms. The van der Waals surface area contributed by atoms with Crippen LogP contribution in [0.2, 0.25) is 5.02 Å². The molecule has 1 atom stereocenters. The van der Waals surface area contributed by atoms with Crippen molar-refractivity contribution in [3.63, 3.8) is 0 Å². The van der Waals surface area contributed by atoms with Gasteiger partial charge in [-0.15, -0.1) is 0 Å². The maximum Gasteiger partial charge on any atom is 0.303 e. The van der Waals surface area contributed by atoms with E-state index in [0.717, 1.165) is 18.5 Å². The first-order valence-electron chi connectivity index (χ1n) is 8.34. The third-order valence-electron chi connectivity index (χ3n) is 4.47. The summed E-state index contributed by atoms with van der Waals surface area (Å²) in [5.74, 6) is -0.601. The third kappa shape index (κ3) is 4.39. The second-order valence-corrected chi connectivity index (χ2v) is 6.78. The first-order chi connectivity index (χ1) is 12.0. The van der Waals surface area contributed by atoms with Crippen molar-refractivity contribution in [2.45, 2.75) is 25.7 Å². The molecule has 0 unspecified atom stereocenters. The SMILES string of the molecule is O=C(O)CC[C@@H]1CCCN(C(=O)c2cnn(-c3cccc(Cl)c3)c2)C1. The van der Waals surface area contributed by atoms with E-state index >= 15 is 0 Å². The van der Waals surface area contributed by atoms with Gasteiger partial charge in [-0.25, -0.2) is 4.68 Å². The number of carbonyl (C=O) groups is 2. The van der Waals surface area contributed by atoms with Crippen LogP contribution >= 0.6 is 11.6 Å². The van der Waals surface area contributed by atoms with Crippen molar-refractivity contribution < 1.29 is 14.7 Å². The summed E-state index contributed by atoms with van der Waals surface area (Å²) in [6.07, 6.45) is 5.90. The molecular weight excluding hydrogens is 342 g/mol. The Morgan fingerprint density at radius 3 is 2.96 bits per heavy atom. The van der Waals surface area contributed by atoms with Gasteiger partial charge in [-0.2, -0.15) is 5.10 Å². The third-order valence-corrected chi connectivity index (χ3v) is 4.71. The summed E-state index contributed by atoms with van der Waals surface area (Å²) in [6, 6.07) is 7.27. The Morgan fingerprint density at radius 1 is 1.36 bits per heavy atom. The first kappa shape index (κ1) is 17.5. The maximum absolute atomic E-state index is 12.7. The predicted octanol–water partition coefficient (Wildman–Crippen LogP) is 3.24. The summed E-state index contributed by atoms with van der Waals surface area (Å²) >= 11 is 6.00. The quantitative estimate of drug-likeness (QED) is 0.887. The summed E-state index contributed by atoms with van der Waals surface area (Å²) in [5, 5.41) is 13.7. The van der Waals surface area contributed by atoms with Crippen LogP contribution in [0.25, 0.3) is 5.69 Å². The number of carbonyl (C=O) groups excluding carboxylic acids is 1. The minimum atomic E-state index is -0.786. The molecule has 0 aliphatic carbocycles. The highest BCUT2D eigenvalue weighted by atomic mass is 35.5. The lowest BCUT2D eigenvalue weighted by atomic mass is 9.93. The number of amides is 1. The number of likely N-dealkylation sites (tertiary alicyclic amines) is 1. The fourth-order valence-corrected chi connectivity index (χ4v) is 3.37. The maximum atomic E-state index is 12.7. The van der Waals surface area contributed by atoms with E-state index in [1.54, 1.807) is 34.1 Å². The second kappa shape index (κ2) is 7.70. The molecule has 25 heavy (non-hydrogen) atoms. The van der Waals surface area contributed by atoms with Crippen LogP contribution in [0.15, 0.2) is 36.7 Å². The van der Waals surface area contributed by atoms with Crippen molar-refractivity contribution in [3.05, 3.63) is 47.2 Å². The number of piperidine rings is 1. The van der Waals surface area contributed by atoms with Gasteiger partial charge in [0.25, 0.3) is 5.91 Å². The van der Waals surface area contributed by atoms with Crippen LogP contribution in [0.1, 0.15) is 36.0 Å². The molecule has 1 fully saturated rings. The average Bonchev–Trinajstić information content (AvgIpc) is 3.10. The zero-order chi connectivity index (χ0) is 17.8. The van der Waals surface area contributed by atoms with Gasteiger partial charge in [0.05, 0.1) is 17.4 Å². The Bertz CT molecular complexity index is 774. The normalized spacial score (nSPS) is 17.5. The van der Waals surface area contributed by atoms with E-state index in [4.69, 9.17) is 16.7 Å². The lowest BCUT2D eigenvalue weighted by Gasteiger charge is -2.32. The average molecular weight is 362 g/mol. The van der Waals surface area contributed by atoms with Crippen molar-refractivity contribution in [3.8, 4) is 5.69 Å². The number of hydrogen-bond acceptors (Lipinski definition) is 3.